The molecule has 0 aliphatic carbocycles. The van der Waals surface area contributed by atoms with Gasteiger partial charge in [-0.25, -0.2) is 0 Å². The summed E-state index contributed by atoms with van der Waals surface area (Å²) >= 11 is 0. The monoisotopic (exact) mass is 440 g/mol. The smallest absolute Gasteiger partial charge is 0.431 e. The number of hydrogen-bond acceptors (Lipinski definition) is 4. The minimum atomic E-state index is -4.79. The van der Waals surface area contributed by atoms with Crippen LogP contribution in [0.1, 0.15) is 22.3 Å². The number of carbonyl (C=O) groups is 1. The lowest BCUT2D eigenvalue weighted by Gasteiger charge is -2.31. The van der Waals surface area contributed by atoms with Gasteiger partial charge in [-0.2, -0.15) is 23.3 Å². The number of alkyl halides is 3. The largest absolute Gasteiger partial charge is 0.497 e. The Morgan fingerprint density at radius 1 is 0.969 bits per heavy atom. The number of rotatable bonds is 4. The molecule has 0 radical (unpaired) electrons. The van der Waals surface area contributed by atoms with Gasteiger partial charge < -0.3 is 9.84 Å². The summed E-state index contributed by atoms with van der Waals surface area (Å²) in [4.78, 5) is 13.1. The van der Waals surface area contributed by atoms with Crippen molar-refractivity contribution in [3.05, 3.63) is 90.0 Å². The summed E-state index contributed by atoms with van der Waals surface area (Å²) in [5.41, 5.74) is -1.55. The summed E-state index contributed by atoms with van der Waals surface area (Å²) in [6, 6.07) is 21.6. The molecule has 8 heteroatoms. The molecule has 0 bridgehead atoms. The molecule has 0 aromatic heterocycles. The van der Waals surface area contributed by atoms with Gasteiger partial charge in [0.05, 0.1) is 13.5 Å². The molecule has 1 aliphatic heterocycles. The second-order valence-corrected chi connectivity index (χ2v) is 7.33. The van der Waals surface area contributed by atoms with Gasteiger partial charge in [-0.1, -0.05) is 54.6 Å². The van der Waals surface area contributed by atoms with E-state index in [9.17, 15) is 23.1 Å². The van der Waals surface area contributed by atoms with Crippen LogP contribution in [0, 0.1) is 0 Å². The molecule has 0 saturated heterocycles. The highest BCUT2D eigenvalue weighted by Crippen LogP contribution is 2.41. The zero-order valence-electron chi connectivity index (χ0n) is 17.0. The zero-order valence-corrected chi connectivity index (χ0v) is 17.0. The highest BCUT2D eigenvalue weighted by molar-refractivity contribution is 6.00. The van der Waals surface area contributed by atoms with Crippen molar-refractivity contribution in [2.45, 2.75) is 18.3 Å². The predicted molar refractivity (Wildman–Crippen MR) is 113 cm³/mol. The summed E-state index contributed by atoms with van der Waals surface area (Å²) in [5.74, 6) is -0.385. The number of ether oxygens (including phenoxy) is 1. The van der Waals surface area contributed by atoms with Crippen molar-refractivity contribution in [1.29, 1.82) is 0 Å². The third-order valence-corrected chi connectivity index (χ3v) is 5.30. The SMILES string of the molecule is COc1ccc(C2(O)CC(C(F)(F)F)=NN2C(=O)c2ccc(-c3ccccc3)cc2)cc1. The molecule has 164 valence electrons. The Bertz CT molecular complexity index is 1140. The fraction of sp³-hybridized carbons (Fsp3) is 0.167. The number of amides is 1. The van der Waals surface area contributed by atoms with E-state index in [-0.39, 0.29) is 11.1 Å². The molecule has 3 aromatic carbocycles. The van der Waals surface area contributed by atoms with E-state index < -0.39 is 29.9 Å². The van der Waals surface area contributed by atoms with E-state index >= 15 is 0 Å². The van der Waals surface area contributed by atoms with Crippen molar-refractivity contribution < 1.29 is 27.8 Å². The van der Waals surface area contributed by atoms with E-state index in [1.807, 2.05) is 30.3 Å². The fourth-order valence-corrected chi connectivity index (χ4v) is 3.56. The molecular weight excluding hydrogens is 421 g/mol. The summed E-state index contributed by atoms with van der Waals surface area (Å²) < 4.78 is 45.3. The highest BCUT2D eigenvalue weighted by atomic mass is 19.4. The van der Waals surface area contributed by atoms with Gasteiger partial charge in [0.25, 0.3) is 5.91 Å². The molecule has 1 amide bonds. The van der Waals surface area contributed by atoms with Crippen LogP contribution in [0.2, 0.25) is 0 Å². The van der Waals surface area contributed by atoms with Crippen LogP contribution >= 0.6 is 0 Å². The standard InChI is InChI=1S/C24H19F3N2O3/c1-32-20-13-11-19(12-14-20)23(31)15-21(24(25,26)27)28-29(23)22(30)18-9-7-17(8-10-18)16-5-3-2-4-6-16/h2-14,31H,15H2,1H3. The Labute approximate surface area is 182 Å². The van der Waals surface area contributed by atoms with Gasteiger partial charge in [0.2, 0.25) is 0 Å². The number of halogens is 3. The number of carbonyl (C=O) groups excluding carboxylic acids is 1. The first-order valence-corrected chi connectivity index (χ1v) is 9.74. The lowest BCUT2D eigenvalue weighted by Crippen LogP contribution is -2.43. The molecule has 32 heavy (non-hydrogen) atoms. The molecular formula is C24H19F3N2O3. The number of aliphatic hydroxyl groups is 1. The van der Waals surface area contributed by atoms with Gasteiger partial charge >= 0.3 is 6.18 Å². The number of nitrogens with zero attached hydrogens (tertiary/aromatic N) is 2. The summed E-state index contributed by atoms with van der Waals surface area (Å²) in [7, 11) is 1.44. The van der Waals surface area contributed by atoms with Crippen molar-refractivity contribution in [2.24, 2.45) is 5.10 Å². The van der Waals surface area contributed by atoms with Gasteiger partial charge in [-0.05, 0) is 35.4 Å². The maximum atomic E-state index is 13.4. The quantitative estimate of drug-likeness (QED) is 0.623. The fourth-order valence-electron chi connectivity index (χ4n) is 3.56. The van der Waals surface area contributed by atoms with Gasteiger partial charge in [-0.3, -0.25) is 4.79 Å². The Kier molecular flexibility index (Phi) is 5.48. The minimum Gasteiger partial charge on any atom is -0.497 e. The van der Waals surface area contributed by atoms with Crippen molar-refractivity contribution >= 4 is 11.6 Å². The van der Waals surface area contributed by atoms with Crippen LogP contribution in [-0.2, 0) is 5.72 Å². The first-order chi connectivity index (χ1) is 15.2. The molecule has 1 N–H and O–H groups in total. The van der Waals surface area contributed by atoms with Crippen LogP contribution in [0.4, 0.5) is 13.2 Å². The van der Waals surface area contributed by atoms with Crippen LogP contribution in [0.3, 0.4) is 0 Å². The van der Waals surface area contributed by atoms with E-state index in [1.54, 1.807) is 12.1 Å². The third kappa shape index (κ3) is 3.97. The zero-order chi connectivity index (χ0) is 22.9. The highest BCUT2D eigenvalue weighted by Gasteiger charge is 2.53. The first-order valence-electron chi connectivity index (χ1n) is 9.74. The Hall–Kier alpha value is -3.65. The van der Waals surface area contributed by atoms with Crippen LogP contribution in [0.25, 0.3) is 11.1 Å². The van der Waals surface area contributed by atoms with Crippen molar-refractivity contribution in [2.75, 3.05) is 7.11 Å². The lowest BCUT2D eigenvalue weighted by molar-refractivity contribution is -0.0816. The molecule has 1 heterocycles. The van der Waals surface area contributed by atoms with Crippen LogP contribution in [-0.4, -0.2) is 35.0 Å². The molecule has 4 rings (SSSR count). The molecule has 1 unspecified atom stereocenters. The van der Waals surface area contributed by atoms with Crippen LogP contribution in [0.15, 0.2) is 84.0 Å². The molecule has 1 aliphatic rings. The summed E-state index contributed by atoms with van der Waals surface area (Å²) in [6.45, 7) is 0. The Morgan fingerprint density at radius 3 is 2.12 bits per heavy atom. The Morgan fingerprint density at radius 2 is 1.56 bits per heavy atom. The number of methoxy groups -OCH3 is 1. The third-order valence-electron chi connectivity index (χ3n) is 5.30. The van der Waals surface area contributed by atoms with Crippen molar-refractivity contribution in [3.8, 4) is 16.9 Å². The molecule has 0 saturated carbocycles. The normalized spacial score (nSPS) is 18.4. The second kappa shape index (κ2) is 8.12. The average molecular weight is 440 g/mol. The van der Waals surface area contributed by atoms with E-state index in [0.717, 1.165) is 11.1 Å². The maximum Gasteiger partial charge on any atom is 0.431 e. The van der Waals surface area contributed by atoms with E-state index in [4.69, 9.17) is 4.74 Å². The van der Waals surface area contributed by atoms with Crippen LogP contribution < -0.4 is 4.74 Å². The van der Waals surface area contributed by atoms with E-state index in [0.29, 0.717) is 10.8 Å². The number of hydrogen-bond donors (Lipinski definition) is 1. The molecule has 0 fully saturated rings. The lowest BCUT2D eigenvalue weighted by atomic mass is 9.96. The second-order valence-electron chi connectivity index (χ2n) is 7.33. The number of benzene rings is 3. The average Bonchev–Trinajstić information content (AvgIpc) is 3.18. The Balaban J connectivity index is 1.70. The summed E-state index contributed by atoms with van der Waals surface area (Å²) in [6.07, 6.45) is -5.66. The molecule has 0 spiro atoms. The van der Waals surface area contributed by atoms with Gasteiger partial charge in [0.15, 0.2) is 5.72 Å². The van der Waals surface area contributed by atoms with Crippen molar-refractivity contribution in [3.63, 3.8) is 0 Å². The molecule has 5 nitrogen and oxygen atoms in total. The predicted octanol–water partition coefficient (Wildman–Crippen LogP) is 4.97. The van der Waals surface area contributed by atoms with Gasteiger partial charge in [0, 0.05) is 11.1 Å². The minimum absolute atomic E-state index is 0.0931. The molecule has 1 atom stereocenters. The van der Waals surface area contributed by atoms with Gasteiger partial charge in [-0.15, -0.1) is 0 Å². The first kappa shape index (κ1) is 21.6. The topological polar surface area (TPSA) is 62.1 Å². The maximum absolute atomic E-state index is 13.4. The number of hydrazone groups is 1. The van der Waals surface area contributed by atoms with Crippen LogP contribution in [0.5, 0.6) is 5.75 Å². The van der Waals surface area contributed by atoms with Gasteiger partial charge in [0.1, 0.15) is 11.5 Å². The summed E-state index contributed by atoms with van der Waals surface area (Å²) in [5, 5.41) is 15.2. The van der Waals surface area contributed by atoms with Crippen molar-refractivity contribution in [1.82, 2.24) is 5.01 Å². The molecule has 3 aromatic rings. The van der Waals surface area contributed by atoms with E-state index in [1.165, 1.54) is 43.5 Å². The van der Waals surface area contributed by atoms with E-state index in [2.05, 4.69) is 5.10 Å².